The van der Waals surface area contributed by atoms with Crippen LogP contribution in [0.4, 0.5) is 0 Å². The van der Waals surface area contributed by atoms with Gasteiger partial charge in [0.25, 0.3) is 0 Å². The van der Waals surface area contributed by atoms with Gasteiger partial charge in [-0.05, 0) is 41.6 Å². The molecule has 0 atom stereocenters. The molecule has 2 aromatic rings. The first-order valence-electron chi connectivity index (χ1n) is 8.03. The Balaban J connectivity index is 0.000000413. The summed E-state index contributed by atoms with van der Waals surface area (Å²) in [6.45, 7) is 6.45. The van der Waals surface area contributed by atoms with E-state index in [-0.39, 0.29) is 6.54 Å². The SMILES string of the molecule is CCCC.COC(=O)CNC=O.Cc1ccc(Br)cc1-c1cccs1. The lowest BCUT2D eigenvalue weighted by molar-refractivity contribution is -0.140. The van der Waals surface area contributed by atoms with Crippen LogP contribution in [0.15, 0.2) is 40.2 Å². The monoisotopic (exact) mass is 427 g/mol. The molecule has 1 N–H and O–H groups in total. The minimum absolute atomic E-state index is 0.0556. The summed E-state index contributed by atoms with van der Waals surface area (Å²) in [6.07, 6.45) is 3.08. The molecule has 25 heavy (non-hydrogen) atoms. The maximum atomic E-state index is 10.1. The van der Waals surface area contributed by atoms with Crippen molar-refractivity contribution in [2.75, 3.05) is 13.7 Å². The molecule has 0 bridgehead atoms. The number of esters is 1. The van der Waals surface area contributed by atoms with Crippen LogP contribution < -0.4 is 5.32 Å². The third-order valence-corrected chi connectivity index (χ3v) is 4.44. The average Bonchev–Trinajstić information content (AvgIpc) is 3.17. The number of hydrogen-bond donors (Lipinski definition) is 1. The fourth-order valence-corrected chi connectivity index (χ4v) is 2.66. The van der Waals surface area contributed by atoms with Gasteiger partial charge in [-0.2, -0.15) is 0 Å². The molecule has 1 aromatic carbocycles. The van der Waals surface area contributed by atoms with Gasteiger partial charge >= 0.3 is 5.97 Å². The summed E-state index contributed by atoms with van der Waals surface area (Å²) < 4.78 is 5.33. The van der Waals surface area contributed by atoms with E-state index in [1.54, 1.807) is 11.3 Å². The van der Waals surface area contributed by atoms with Gasteiger partial charge in [-0.15, -0.1) is 11.3 Å². The highest BCUT2D eigenvalue weighted by Gasteiger charge is 2.02. The lowest BCUT2D eigenvalue weighted by atomic mass is 10.1. The van der Waals surface area contributed by atoms with Gasteiger partial charge in [0.1, 0.15) is 6.54 Å². The van der Waals surface area contributed by atoms with Crippen LogP contribution >= 0.6 is 27.3 Å². The molecule has 1 amide bonds. The summed E-state index contributed by atoms with van der Waals surface area (Å²) in [5, 5.41) is 4.25. The van der Waals surface area contributed by atoms with E-state index in [2.05, 4.69) is 82.5 Å². The van der Waals surface area contributed by atoms with Gasteiger partial charge in [-0.1, -0.05) is 54.8 Å². The lowest BCUT2D eigenvalue weighted by Crippen LogP contribution is -2.21. The van der Waals surface area contributed by atoms with Crippen molar-refractivity contribution in [1.82, 2.24) is 5.32 Å². The molecule has 0 aliphatic carbocycles. The Morgan fingerprint density at radius 2 is 1.96 bits per heavy atom. The standard InChI is InChI=1S/C11H9BrS.C4H7NO3.C4H10/c1-8-4-5-9(12)7-10(8)11-3-2-6-13-11;1-8-4(7)2-5-3-6;1-3-4-2/h2-7H,1H3;3H,2H2,1H3,(H,5,6);3-4H2,1-2H3. The number of amides is 1. The number of carbonyl (C=O) groups is 2. The van der Waals surface area contributed by atoms with Crippen LogP contribution in [0.5, 0.6) is 0 Å². The van der Waals surface area contributed by atoms with Gasteiger partial charge in [0.2, 0.25) is 6.41 Å². The normalized spacial score (nSPS) is 9.00. The van der Waals surface area contributed by atoms with Gasteiger partial charge in [0.15, 0.2) is 0 Å². The summed E-state index contributed by atoms with van der Waals surface area (Å²) in [4.78, 5) is 21.0. The van der Waals surface area contributed by atoms with E-state index in [4.69, 9.17) is 0 Å². The summed E-state index contributed by atoms with van der Waals surface area (Å²) in [6, 6.07) is 10.6. The third kappa shape index (κ3) is 10.7. The maximum Gasteiger partial charge on any atom is 0.325 e. The Bertz CT molecular complexity index is 613. The average molecular weight is 428 g/mol. The zero-order chi connectivity index (χ0) is 19.1. The fraction of sp³-hybridized carbons (Fsp3) is 0.368. The molecule has 0 spiro atoms. The van der Waals surface area contributed by atoms with Crippen molar-refractivity contribution in [3.8, 4) is 10.4 Å². The highest BCUT2D eigenvalue weighted by molar-refractivity contribution is 9.10. The van der Waals surface area contributed by atoms with Crippen molar-refractivity contribution in [2.45, 2.75) is 33.6 Å². The van der Waals surface area contributed by atoms with Crippen LogP contribution in [0.2, 0.25) is 0 Å². The van der Waals surface area contributed by atoms with Crippen LogP contribution in [0.25, 0.3) is 10.4 Å². The second-order valence-electron chi connectivity index (χ2n) is 5.01. The smallest absolute Gasteiger partial charge is 0.325 e. The van der Waals surface area contributed by atoms with E-state index < -0.39 is 5.97 Å². The fourth-order valence-electron chi connectivity index (χ4n) is 1.49. The number of methoxy groups -OCH3 is 1. The molecule has 6 heteroatoms. The molecule has 0 saturated carbocycles. The largest absolute Gasteiger partial charge is 0.468 e. The van der Waals surface area contributed by atoms with Crippen LogP contribution in [-0.4, -0.2) is 26.0 Å². The Labute approximate surface area is 162 Å². The molecule has 1 heterocycles. The molecule has 1 aromatic heterocycles. The van der Waals surface area contributed by atoms with Gasteiger partial charge < -0.3 is 10.1 Å². The van der Waals surface area contributed by atoms with E-state index >= 15 is 0 Å². The lowest BCUT2D eigenvalue weighted by Gasteiger charge is -2.02. The number of benzene rings is 1. The minimum Gasteiger partial charge on any atom is -0.468 e. The molecular weight excluding hydrogens is 402 g/mol. The number of rotatable bonds is 5. The predicted octanol–water partition coefficient (Wildman–Crippen LogP) is 5.20. The first kappa shape index (κ1) is 23.3. The van der Waals surface area contributed by atoms with E-state index in [0.29, 0.717) is 6.41 Å². The second-order valence-corrected chi connectivity index (χ2v) is 6.87. The van der Waals surface area contributed by atoms with E-state index in [1.807, 2.05) is 0 Å². The molecule has 0 radical (unpaired) electrons. The number of nitrogens with one attached hydrogen (secondary N) is 1. The van der Waals surface area contributed by atoms with Crippen molar-refractivity contribution in [3.05, 3.63) is 45.7 Å². The van der Waals surface area contributed by atoms with Crippen LogP contribution in [0, 0.1) is 6.92 Å². The number of unbranched alkanes of at least 4 members (excludes halogenated alkanes) is 1. The van der Waals surface area contributed by atoms with Crippen molar-refractivity contribution in [2.24, 2.45) is 0 Å². The summed E-state index contributed by atoms with van der Waals surface area (Å²) in [7, 11) is 1.26. The molecule has 0 unspecified atom stereocenters. The predicted molar refractivity (Wildman–Crippen MR) is 109 cm³/mol. The van der Waals surface area contributed by atoms with E-state index in [1.165, 1.54) is 36.0 Å². The Kier molecular flexibility index (Phi) is 13.7. The molecule has 0 aliphatic rings. The van der Waals surface area contributed by atoms with Gasteiger partial charge in [0.05, 0.1) is 7.11 Å². The second kappa shape index (κ2) is 14.7. The summed E-state index contributed by atoms with van der Waals surface area (Å²) in [5.74, 6) is -0.447. The number of aryl methyl sites for hydroxylation is 1. The van der Waals surface area contributed by atoms with Gasteiger partial charge in [0, 0.05) is 9.35 Å². The molecule has 0 fully saturated rings. The number of halogens is 1. The first-order chi connectivity index (χ1) is 12.0. The quantitative estimate of drug-likeness (QED) is 0.526. The van der Waals surface area contributed by atoms with Crippen LogP contribution in [0.1, 0.15) is 32.3 Å². The molecule has 2 rings (SSSR count). The highest BCUT2D eigenvalue weighted by Crippen LogP contribution is 2.29. The zero-order valence-corrected chi connectivity index (χ0v) is 17.6. The van der Waals surface area contributed by atoms with Gasteiger partial charge in [-0.3, -0.25) is 9.59 Å². The minimum atomic E-state index is -0.447. The number of thiophene rings is 1. The molecule has 4 nitrogen and oxygen atoms in total. The summed E-state index contributed by atoms with van der Waals surface area (Å²) >= 11 is 5.26. The molecular formula is C19H26BrNO3S. The van der Waals surface area contributed by atoms with Crippen molar-refractivity contribution in [1.29, 1.82) is 0 Å². The van der Waals surface area contributed by atoms with E-state index in [9.17, 15) is 9.59 Å². The number of ether oxygens (including phenoxy) is 1. The topological polar surface area (TPSA) is 55.4 Å². The Hall–Kier alpha value is -1.66. The van der Waals surface area contributed by atoms with Gasteiger partial charge in [-0.25, -0.2) is 0 Å². The van der Waals surface area contributed by atoms with Crippen molar-refractivity contribution < 1.29 is 14.3 Å². The zero-order valence-electron chi connectivity index (χ0n) is 15.2. The molecule has 0 aliphatic heterocycles. The number of carbonyl (C=O) groups excluding carboxylic acids is 2. The van der Waals surface area contributed by atoms with Crippen molar-refractivity contribution >= 4 is 39.6 Å². The van der Waals surface area contributed by atoms with Crippen LogP contribution in [0.3, 0.4) is 0 Å². The summed E-state index contributed by atoms with van der Waals surface area (Å²) in [5.41, 5.74) is 2.65. The van der Waals surface area contributed by atoms with E-state index in [0.717, 1.165) is 4.47 Å². The van der Waals surface area contributed by atoms with Crippen molar-refractivity contribution in [3.63, 3.8) is 0 Å². The maximum absolute atomic E-state index is 10.1. The van der Waals surface area contributed by atoms with Crippen LogP contribution in [-0.2, 0) is 14.3 Å². The Morgan fingerprint density at radius 1 is 1.28 bits per heavy atom. The highest BCUT2D eigenvalue weighted by atomic mass is 79.9. The molecule has 0 saturated heterocycles. The Morgan fingerprint density at radius 3 is 2.44 bits per heavy atom. The molecule has 138 valence electrons. The third-order valence-electron chi connectivity index (χ3n) is 3.04. The first-order valence-corrected chi connectivity index (χ1v) is 9.71. The number of hydrogen-bond acceptors (Lipinski definition) is 4.